The van der Waals surface area contributed by atoms with Gasteiger partial charge in [0.1, 0.15) is 12.2 Å². The largest absolute Gasteiger partial charge is 0.466 e. The van der Waals surface area contributed by atoms with Gasteiger partial charge in [-0.25, -0.2) is 9.97 Å². The van der Waals surface area contributed by atoms with Gasteiger partial charge in [-0.05, 0) is 6.92 Å². The Morgan fingerprint density at radius 2 is 2.14 bits per heavy atom. The molecule has 0 amide bonds. The van der Waals surface area contributed by atoms with E-state index in [0.29, 0.717) is 18.3 Å². The molecule has 0 aliphatic carbocycles. The second kappa shape index (κ2) is 5.54. The molecule has 0 unspecified atom stereocenters. The van der Waals surface area contributed by atoms with Gasteiger partial charge in [0.05, 0.1) is 12.5 Å². The van der Waals surface area contributed by atoms with Crippen LogP contribution in [0, 0.1) is 0 Å². The van der Waals surface area contributed by atoms with E-state index in [1.165, 1.54) is 0 Å². The minimum Gasteiger partial charge on any atom is -0.466 e. The summed E-state index contributed by atoms with van der Waals surface area (Å²) in [5, 5.41) is 0. The topological polar surface area (TPSA) is 52.1 Å². The molecule has 0 atom stereocenters. The van der Waals surface area contributed by atoms with Crippen molar-refractivity contribution in [3.05, 3.63) is 23.8 Å². The van der Waals surface area contributed by atoms with Gasteiger partial charge in [0, 0.05) is 18.0 Å². The summed E-state index contributed by atoms with van der Waals surface area (Å²) in [6, 6.07) is 0. The highest BCUT2D eigenvalue weighted by atomic mass is 35.5. The maximum atomic E-state index is 11.0. The van der Waals surface area contributed by atoms with Crippen LogP contribution >= 0.6 is 11.6 Å². The van der Waals surface area contributed by atoms with Crippen molar-refractivity contribution >= 4 is 17.6 Å². The van der Waals surface area contributed by atoms with Crippen molar-refractivity contribution < 1.29 is 9.53 Å². The van der Waals surface area contributed by atoms with Crippen LogP contribution < -0.4 is 0 Å². The SMILES string of the molecule is CCOC(=O)Cc1ncc(CCl)cn1. The van der Waals surface area contributed by atoms with Crippen molar-refractivity contribution in [2.24, 2.45) is 0 Å². The molecule has 0 bridgehead atoms. The smallest absolute Gasteiger partial charge is 0.313 e. The van der Waals surface area contributed by atoms with Crippen LogP contribution in [-0.4, -0.2) is 22.5 Å². The highest BCUT2D eigenvalue weighted by Gasteiger charge is 2.05. The molecule has 1 aromatic rings. The van der Waals surface area contributed by atoms with E-state index in [-0.39, 0.29) is 12.4 Å². The summed E-state index contributed by atoms with van der Waals surface area (Å²) in [5.41, 5.74) is 0.833. The van der Waals surface area contributed by atoms with Crippen LogP contribution in [0.15, 0.2) is 12.4 Å². The molecule has 0 radical (unpaired) electrons. The van der Waals surface area contributed by atoms with E-state index >= 15 is 0 Å². The lowest BCUT2D eigenvalue weighted by Gasteiger charge is -2.00. The third kappa shape index (κ3) is 3.30. The number of alkyl halides is 1. The normalized spacial score (nSPS) is 9.86. The molecule has 1 rings (SSSR count). The number of carbonyl (C=O) groups excluding carboxylic acids is 1. The Kier molecular flexibility index (Phi) is 4.32. The molecule has 0 N–H and O–H groups in total. The van der Waals surface area contributed by atoms with Crippen molar-refractivity contribution in [2.75, 3.05) is 6.61 Å². The molecule has 0 aliphatic rings. The highest BCUT2D eigenvalue weighted by molar-refractivity contribution is 6.17. The number of hydrogen-bond donors (Lipinski definition) is 0. The number of carbonyl (C=O) groups is 1. The summed E-state index contributed by atoms with van der Waals surface area (Å²) >= 11 is 5.56. The van der Waals surface area contributed by atoms with Gasteiger partial charge >= 0.3 is 5.97 Å². The summed E-state index contributed by atoms with van der Waals surface area (Å²) < 4.78 is 4.76. The summed E-state index contributed by atoms with van der Waals surface area (Å²) in [5.74, 6) is 0.517. The lowest BCUT2D eigenvalue weighted by molar-refractivity contribution is -0.142. The Hall–Kier alpha value is -1.16. The standard InChI is InChI=1S/C9H11ClN2O2/c1-2-14-9(13)3-8-11-5-7(4-10)6-12-8/h5-6H,2-4H2,1H3. The van der Waals surface area contributed by atoms with Crippen LogP contribution in [0.1, 0.15) is 18.3 Å². The number of esters is 1. The molecule has 76 valence electrons. The number of aromatic nitrogens is 2. The van der Waals surface area contributed by atoms with E-state index in [1.807, 2.05) is 0 Å². The summed E-state index contributed by atoms with van der Waals surface area (Å²) in [6.45, 7) is 2.13. The minimum absolute atomic E-state index is 0.108. The molecule has 0 fully saturated rings. The fraction of sp³-hybridized carbons (Fsp3) is 0.444. The monoisotopic (exact) mass is 214 g/mol. The van der Waals surface area contributed by atoms with Crippen molar-refractivity contribution in [3.63, 3.8) is 0 Å². The van der Waals surface area contributed by atoms with Gasteiger partial charge in [-0.3, -0.25) is 4.79 Å². The van der Waals surface area contributed by atoms with Crippen LogP contribution in [-0.2, 0) is 21.8 Å². The van der Waals surface area contributed by atoms with Crippen LogP contribution in [0.3, 0.4) is 0 Å². The number of rotatable bonds is 4. The number of nitrogens with zero attached hydrogens (tertiary/aromatic N) is 2. The van der Waals surface area contributed by atoms with Gasteiger partial charge in [-0.15, -0.1) is 11.6 Å². The zero-order chi connectivity index (χ0) is 10.4. The Labute approximate surface area is 87.3 Å². The highest BCUT2D eigenvalue weighted by Crippen LogP contribution is 2.00. The first-order valence-corrected chi connectivity index (χ1v) is 4.81. The first-order chi connectivity index (χ1) is 6.76. The molecule has 0 saturated heterocycles. The van der Waals surface area contributed by atoms with Crippen molar-refractivity contribution in [1.29, 1.82) is 0 Å². The Morgan fingerprint density at radius 1 is 1.50 bits per heavy atom. The molecule has 1 heterocycles. The maximum Gasteiger partial charge on any atom is 0.313 e. The first kappa shape index (κ1) is 10.9. The fourth-order valence-electron chi connectivity index (χ4n) is 0.883. The summed E-state index contributed by atoms with van der Waals surface area (Å²) in [4.78, 5) is 19.0. The number of halogens is 1. The van der Waals surface area contributed by atoms with Crippen LogP contribution in [0.25, 0.3) is 0 Å². The zero-order valence-electron chi connectivity index (χ0n) is 7.86. The third-order valence-corrected chi connectivity index (χ3v) is 1.83. The van der Waals surface area contributed by atoms with Crippen LogP contribution in [0.5, 0.6) is 0 Å². The molecular weight excluding hydrogens is 204 g/mol. The second-order valence-electron chi connectivity index (χ2n) is 2.62. The number of ether oxygens (including phenoxy) is 1. The van der Waals surface area contributed by atoms with Crippen LogP contribution in [0.4, 0.5) is 0 Å². The van der Waals surface area contributed by atoms with Gasteiger partial charge in [-0.2, -0.15) is 0 Å². The minimum atomic E-state index is -0.314. The van der Waals surface area contributed by atoms with E-state index in [1.54, 1.807) is 19.3 Å². The van der Waals surface area contributed by atoms with Gasteiger partial charge in [0.2, 0.25) is 0 Å². The molecule has 4 nitrogen and oxygen atoms in total. The average Bonchev–Trinajstić information content (AvgIpc) is 2.19. The van der Waals surface area contributed by atoms with Gasteiger partial charge < -0.3 is 4.74 Å². The lowest BCUT2D eigenvalue weighted by Crippen LogP contribution is -2.10. The number of hydrogen-bond acceptors (Lipinski definition) is 4. The van der Waals surface area contributed by atoms with E-state index in [0.717, 1.165) is 5.56 Å². The van der Waals surface area contributed by atoms with E-state index in [4.69, 9.17) is 16.3 Å². The molecule has 0 saturated carbocycles. The molecular formula is C9H11ClN2O2. The molecule has 0 spiro atoms. The predicted molar refractivity (Wildman–Crippen MR) is 51.9 cm³/mol. The molecule has 1 aromatic heterocycles. The predicted octanol–water partition coefficient (Wildman–Crippen LogP) is 1.32. The summed E-state index contributed by atoms with van der Waals surface area (Å²) in [6.07, 6.45) is 3.32. The van der Waals surface area contributed by atoms with Crippen LogP contribution in [0.2, 0.25) is 0 Å². The molecule has 5 heteroatoms. The average molecular weight is 215 g/mol. The van der Waals surface area contributed by atoms with Crippen molar-refractivity contribution in [3.8, 4) is 0 Å². The molecule has 0 aliphatic heterocycles. The Bertz CT molecular complexity index is 300. The summed E-state index contributed by atoms with van der Waals surface area (Å²) in [7, 11) is 0. The van der Waals surface area contributed by atoms with Gasteiger partial charge in [0.25, 0.3) is 0 Å². The van der Waals surface area contributed by atoms with E-state index < -0.39 is 0 Å². The quantitative estimate of drug-likeness (QED) is 0.560. The van der Waals surface area contributed by atoms with Gasteiger partial charge in [0.15, 0.2) is 0 Å². The van der Waals surface area contributed by atoms with Crippen molar-refractivity contribution in [2.45, 2.75) is 19.2 Å². The molecule has 14 heavy (non-hydrogen) atoms. The Balaban J connectivity index is 2.55. The van der Waals surface area contributed by atoms with Crippen molar-refractivity contribution in [1.82, 2.24) is 9.97 Å². The lowest BCUT2D eigenvalue weighted by atomic mass is 10.3. The maximum absolute atomic E-state index is 11.0. The van der Waals surface area contributed by atoms with E-state index in [2.05, 4.69) is 9.97 Å². The molecule has 0 aromatic carbocycles. The van der Waals surface area contributed by atoms with Gasteiger partial charge in [-0.1, -0.05) is 0 Å². The first-order valence-electron chi connectivity index (χ1n) is 4.27. The van der Waals surface area contributed by atoms with E-state index in [9.17, 15) is 4.79 Å². The third-order valence-electron chi connectivity index (χ3n) is 1.52. The zero-order valence-corrected chi connectivity index (χ0v) is 8.62. The second-order valence-corrected chi connectivity index (χ2v) is 2.89. The fourth-order valence-corrected chi connectivity index (χ4v) is 1.02. The Morgan fingerprint density at radius 3 is 2.64 bits per heavy atom.